The number of nitrogens with one attached hydrogen (secondary N) is 2. The first-order valence-electron chi connectivity index (χ1n) is 9.64. The van der Waals surface area contributed by atoms with E-state index in [1.54, 1.807) is 0 Å². The predicted octanol–water partition coefficient (Wildman–Crippen LogP) is 3.78. The molecule has 0 fully saturated rings. The zero-order valence-corrected chi connectivity index (χ0v) is 15.8. The molecule has 140 valence electrons. The number of hydrogen-bond donors (Lipinski definition) is 2. The molecule has 0 saturated carbocycles. The van der Waals surface area contributed by atoms with E-state index in [1.807, 2.05) is 30.3 Å². The van der Waals surface area contributed by atoms with E-state index in [2.05, 4.69) is 46.2 Å². The molecule has 2 aromatic carbocycles. The average Bonchev–Trinajstić information content (AvgIpc) is 3.13. The van der Waals surface area contributed by atoms with E-state index in [0.29, 0.717) is 12.4 Å². The van der Waals surface area contributed by atoms with E-state index in [0.717, 1.165) is 36.3 Å². The Morgan fingerprint density at radius 3 is 2.82 bits per heavy atom. The number of para-hydroxylation sites is 1. The van der Waals surface area contributed by atoms with Gasteiger partial charge in [0, 0.05) is 48.7 Å². The van der Waals surface area contributed by atoms with Crippen molar-refractivity contribution < 1.29 is 0 Å². The van der Waals surface area contributed by atoms with Gasteiger partial charge in [0.05, 0.1) is 11.3 Å². The maximum atomic E-state index is 12.7. The summed E-state index contributed by atoms with van der Waals surface area (Å²) >= 11 is 0. The summed E-state index contributed by atoms with van der Waals surface area (Å²) in [7, 11) is 0. The molecule has 0 unspecified atom stereocenters. The predicted molar refractivity (Wildman–Crippen MR) is 111 cm³/mol. The third-order valence-corrected chi connectivity index (χ3v) is 5.60. The number of aryl methyl sites for hydroxylation is 1. The van der Waals surface area contributed by atoms with Crippen LogP contribution in [-0.4, -0.2) is 26.4 Å². The van der Waals surface area contributed by atoms with Crippen molar-refractivity contribution in [3.8, 4) is 11.4 Å². The number of hydrogen-bond acceptors (Lipinski definition) is 3. The van der Waals surface area contributed by atoms with Crippen molar-refractivity contribution >= 4 is 10.9 Å². The molecule has 5 heteroatoms. The smallest absolute Gasteiger partial charge is 0.255 e. The summed E-state index contributed by atoms with van der Waals surface area (Å²) in [5.74, 6) is 0.657. The lowest BCUT2D eigenvalue weighted by Gasteiger charge is -2.27. The van der Waals surface area contributed by atoms with E-state index in [-0.39, 0.29) is 5.56 Å². The molecule has 0 spiro atoms. The maximum Gasteiger partial charge on any atom is 0.255 e. The van der Waals surface area contributed by atoms with Crippen LogP contribution < -0.4 is 5.56 Å². The molecule has 5 rings (SSSR count). The lowest BCUT2D eigenvalue weighted by atomic mass is 10.0. The van der Waals surface area contributed by atoms with Crippen molar-refractivity contribution in [3.63, 3.8) is 0 Å². The van der Waals surface area contributed by atoms with Crippen LogP contribution in [-0.2, 0) is 19.5 Å². The standard InChI is InChI=1S/C23H22N4O/c1-15-6-5-9-18-17(12-24-21(15)18)13-27-11-10-20-19(14-27)23(28)26-22(25-20)16-7-3-2-4-8-16/h2-9,12,24H,10-11,13-14H2,1H3,(H,25,26,28). The maximum absolute atomic E-state index is 12.7. The Kier molecular flexibility index (Phi) is 4.10. The van der Waals surface area contributed by atoms with E-state index >= 15 is 0 Å². The van der Waals surface area contributed by atoms with Gasteiger partial charge in [-0.05, 0) is 18.1 Å². The summed E-state index contributed by atoms with van der Waals surface area (Å²) in [5.41, 5.74) is 6.36. The lowest BCUT2D eigenvalue weighted by Crippen LogP contribution is -2.35. The monoisotopic (exact) mass is 370 g/mol. The fourth-order valence-electron chi connectivity index (χ4n) is 4.08. The highest BCUT2D eigenvalue weighted by Gasteiger charge is 2.22. The van der Waals surface area contributed by atoms with Crippen LogP contribution in [0.5, 0.6) is 0 Å². The van der Waals surface area contributed by atoms with Crippen molar-refractivity contribution in [2.24, 2.45) is 0 Å². The molecule has 0 bridgehead atoms. The molecule has 0 atom stereocenters. The third-order valence-electron chi connectivity index (χ3n) is 5.60. The first-order chi connectivity index (χ1) is 13.7. The molecule has 5 nitrogen and oxygen atoms in total. The Labute approximate surface area is 163 Å². The number of H-pyrrole nitrogens is 2. The Morgan fingerprint density at radius 2 is 1.96 bits per heavy atom. The topological polar surface area (TPSA) is 64.8 Å². The molecule has 4 aromatic rings. The first kappa shape index (κ1) is 17.0. The molecule has 0 amide bonds. The van der Waals surface area contributed by atoms with Crippen LogP contribution in [0.15, 0.2) is 59.5 Å². The second-order valence-corrected chi connectivity index (χ2v) is 7.48. The zero-order valence-electron chi connectivity index (χ0n) is 15.8. The molecule has 2 N–H and O–H groups in total. The molecule has 28 heavy (non-hydrogen) atoms. The highest BCUT2D eigenvalue weighted by atomic mass is 16.1. The van der Waals surface area contributed by atoms with E-state index in [9.17, 15) is 4.79 Å². The summed E-state index contributed by atoms with van der Waals surface area (Å²) in [5, 5.41) is 1.26. The van der Waals surface area contributed by atoms with E-state index in [1.165, 1.54) is 22.0 Å². The van der Waals surface area contributed by atoms with Crippen LogP contribution in [0, 0.1) is 6.92 Å². The van der Waals surface area contributed by atoms with Gasteiger partial charge in [-0.15, -0.1) is 0 Å². The van der Waals surface area contributed by atoms with Crippen LogP contribution in [0.1, 0.15) is 22.4 Å². The summed E-state index contributed by atoms with van der Waals surface area (Å²) in [6, 6.07) is 16.2. The van der Waals surface area contributed by atoms with Crippen LogP contribution in [0.4, 0.5) is 0 Å². The molecule has 1 aliphatic heterocycles. The van der Waals surface area contributed by atoms with Gasteiger partial charge in [0.25, 0.3) is 5.56 Å². The van der Waals surface area contributed by atoms with Gasteiger partial charge in [-0.2, -0.15) is 0 Å². The van der Waals surface area contributed by atoms with Crippen molar-refractivity contribution in [1.82, 2.24) is 19.9 Å². The van der Waals surface area contributed by atoms with E-state index < -0.39 is 0 Å². The summed E-state index contributed by atoms with van der Waals surface area (Å²) in [6.45, 7) is 4.47. The molecule has 2 aromatic heterocycles. The highest BCUT2D eigenvalue weighted by molar-refractivity contribution is 5.85. The first-order valence-corrected chi connectivity index (χ1v) is 9.64. The minimum atomic E-state index is -0.0247. The second kappa shape index (κ2) is 6.77. The quantitative estimate of drug-likeness (QED) is 0.577. The van der Waals surface area contributed by atoms with Gasteiger partial charge in [0.1, 0.15) is 5.82 Å². The summed E-state index contributed by atoms with van der Waals surface area (Å²) < 4.78 is 0. The minimum absolute atomic E-state index is 0.0247. The Bertz CT molecular complexity index is 1210. The second-order valence-electron chi connectivity index (χ2n) is 7.48. The Hall–Kier alpha value is -3.18. The van der Waals surface area contributed by atoms with Crippen molar-refractivity contribution in [2.45, 2.75) is 26.4 Å². The number of fused-ring (bicyclic) bond motifs is 2. The number of aromatic amines is 2. The molecule has 0 radical (unpaired) electrons. The fourth-order valence-corrected chi connectivity index (χ4v) is 4.08. The molecule has 1 aliphatic rings. The highest BCUT2D eigenvalue weighted by Crippen LogP contribution is 2.25. The van der Waals surface area contributed by atoms with Crippen LogP contribution in [0.25, 0.3) is 22.3 Å². The SMILES string of the molecule is Cc1cccc2c(CN3CCc4nc(-c5ccccc5)[nH]c(=O)c4C3)c[nH]c12. The minimum Gasteiger partial charge on any atom is -0.361 e. The van der Waals surface area contributed by atoms with Crippen molar-refractivity contribution in [2.75, 3.05) is 6.54 Å². The number of aromatic nitrogens is 3. The van der Waals surface area contributed by atoms with Crippen LogP contribution in [0.2, 0.25) is 0 Å². The van der Waals surface area contributed by atoms with Crippen LogP contribution in [0.3, 0.4) is 0 Å². The zero-order chi connectivity index (χ0) is 19.1. The number of rotatable bonds is 3. The molecule has 0 saturated heterocycles. The normalized spacial score (nSPS) is 14.3. The van der Waals surface area contributed by atoms with Gasteiger partial charge in [-0.3, -0.25) is 9.69 Å². The van der Waals surface area contributed by atoms with Gasteiger partial charge in [0.15, 0.2) is 0 Å². The lowest BCUT2D eigenvalue weighted by molar-refractivity contribution is 0.242. The van der Waals surface area contributed by atoms with Gasteiger partial charge in [-0.1, -0.05) is 48.5 Å². The largest absolute Gasteiger partial charge is 0.361 e. The third kappa shape index (κ3) is 2.94. The summed E-state index contributed by atoms with van der Waals surface area (Å²) in [6.07, 6.45) is 2.88. The molecule has 3 heterocycles. The van der Waals surface area contributed by atoms with Gasteiger partial charge >= 0.3 is 0 Å². The Balaban J connectivity index is 1.42. The summed E-state index contributed by atoms with van der Waals surface area (Å²) in [4.78, 5) is 26.2. The van der Waals surface area contributed by atoms with E-state index in [4.69, 9.17) is 4.98 Å². The van der Waals surface area contributed by atoms with Gasteiger partial charge in [-0.25, -0.2) is 4.98 Å². The number of nitrogens with zero attached hydrogens (tertiary/aromatic N) is 2. The van der Waals surface area contributed by atoms with Crippen molar-refractivity contribution in [1.29, 1.82) is 0 Å². The Morgan fingerprint density at radius 1 is 1.11 bits per heavy atom. The number of benzene rings is 2. The van der Waals surface area contributed by atoms with Crippen molar-refractivity contribution in [3.05, 3.63) is 87.5 Å². The molecule has 0 aliphatic carbocycles. The molecular weight excluding hydrogens is 348 g/mol. The fraction of sp³-hybridized carbons (Fsp3) is 0.217. The van der Waals surface area contributed by atoms with Gasteiger partial charge < -0.3 is 9.97 Å². The average molecular weight is 370 g/mol. The molecular formula is C23H22N4O. The van der Waals surface area contributed by atoms with Crippen LogP contribution >= 0.6 is 0 Å². The van der Waals surface area contributed by atoms with Gasteiger partial charge in [0.2, 0.25) is 0 Å².